The summed E-state index contributed by atoms with van der Waals surface area (Å²) in [7, 11) is 3.85. The molecule has 0 atom stereocenters. The normalized spacial score (nSPS) is 14.9. The second-order valence-corrected chi connectivity index (χ2v) is 7.77. The Morgan fingerprint density at radius 3 is 2.48 bits per heavy atom. The van der Waals surface area contributed by atoms with Crippen molar-refractivity contribution in [2.45, 2.75) is 33.9 Å². The Kier molecular flexibility index (Phi) is 5.30. The van der Waals surface area contributed by atoms with Crippen molar-refractivity contribution in [3.8, 4) is 5.75 Å². The SMILES string of the molecule is COc1ccc(Cn2c(C)c3c(c2Cl)CN(C)CN3CC(C)C)cc1. The van der Waals surface area contributed by atoms with Crippen molar-refractivity contribution in [1.82, 2.24) is 9.47 Å². The topological polar surface area (TPSA) is 20.6 Å². The number of anilines is 1. The maximum Gasteiger partial charge on any atom is 0.118 e. The number of nitrogens with zero attached hydrogens (tertiary/aromatic N) is 3. The summed E-state index contributed by atoms with van der Waals surface area (Å²) in [5.41, 5.74) is 5.05. The van der Waals surface area contributed by atoms with Crippen molar-refractivity contribution in [2.24, 2.45) is 5.92 Å². The third kappa shape index (κ3) is 3.65. The average Bonchev–Trinajstić information content (AvgIpc) is 2.80. The fourth-order valence-corrected chi connectivity index (χ4v) is 4.02. The van der Waals surface area contributed by atoms with Crippen LogP contribution < -0.4 is 9.64 Å². The highest BCUT2D eigenvalue weighted by molar-refractivity contribution is 6.31. The molecule has 3 rings (SSSR count). The number of hydrogen-bond acceptors (Lipinski definition) is 3. The van der Waals surface area contributed by atoms with Gasteiger partial charge in [-0.15, -0.1) is 0 Å². The van der Waals surface area contributed by atoms with Crippen LogP contribution in [-0.2, 0) is 13.1 Å². The predicted octanol–water partition coefficient (Wildman–Crippen LogP) is 4.37. The van der Waals surface area contributed by atoms with Gasteiger partial charge in [-0.2, -0.15) is 0 Å². The van der Waals surface area contributed by atoms with E-state index in [0.29, 0.717) is 5.92 Å². The van der Waals surface area contributed by atoms with Crippen LogP contribution in [0.5, 0.6) is 5.75 Å². The van der Waals surface area contributed by atoms with Crippen molar-refractivity contribution < 1.29 is 4.74 Å². The van der Waals surface area contributed by atoms with Gasteiger partial charge in [0.1, 0.15) is 10.9 Å². The van der Waals surface area contributed by atoms with E-state index >= 15 is 0 Å². The van der Waals surface area contributed by atoms with Gasteiger partial charge in [-0.3, -0.25) is 4.90 Å². The molecule has 0 amide bonds. The van der Waals surface area contributed by atoms with E-state index in [2.05, 4.69) is 54.3 Å². The molecule has 0 fully saturated rings. The summed E-state index contributed by atoms with van der Waals surface area (Å²) in [6, 6.07) is 8.21. The van der Waals surface area contributed by atoms with Gasteiger partial charge in [-0.05, 0) is 37.6 Å². The van der Waals surface area contributed by atoms with Crippen LogP contribution in [0.2, 0.25) is 5.15 Å². The van der Waals surface area contributed by atoms with E-state index in [0.717, 1.165) is 37.2 Å². The fourth-order valence-electron chi connectivity index (χ4n) is 3.69. The Labute approximate surface area is 155 Å². The highest BCUT2D eigenvalue weighted by Crippen LogP contribution is 2.39. The first-order valence-electron chi connectivity index (χ1n) is 8.84. The molecular weight excluding hydrogens is 334 g/mol. The molecule has 0 radical (unpaired) electrons. The van der Waals surface area contributed by atoms with Gasteiger partial charge in [-0.1, -0.05) is 37.6 Å². The molecule has 1 aromatic carbocycles. The van der Waals surface area contributed by atoms with Crippen LogP contribution in [0.4, 0.5) is 5.69 Å². The molecule has 2 aromatic rings. The fraction of sp³-hybridized carbons (Fsp3) is 0.500. The van der Waals surface area contributed by atoms with E-state index in [1.54, 1.807) is 7.11 Å². The lowest BCUT2D eigenvalue weighted by atomic mass is 10.1. The van der Waals surface area contributed by atoms with Crippen LogP contribution >= 0.6 is 11.6 Å². The second-order valence-electron chi connectivity index (χ2n) is 7.41. The second kappa shape index (κ2) is 7.30. The van der Waals surface area contributed by atoms with Crippen molar-refractivity contribution in [3.05, 3.63) is 46.2 Å². The number of fused-ring (bicyclic) bond motifs is 1. The van der Waals surface area contributed by atoms with Gasteiger partial charge in [-0.25, -0.2) is 0 Å². The van der Waals surface area contributed by atoms with Gasteiger partial charge in [0.05, 0.1) is 19.5 Å². The first-order valence-corrected chi connectivity index (χ1v) is 9.22. The number of benzene rings is 1. The molecule has 25 heavy (non-hydrogen) atoms. The summed E-state index contributed by atoms with van der Waals surface area (Å²) in [5, 5.41) is 0.864. The molecule has 2 heterocycles. The van der Waals surface area contributed by atoms with Gasteiger partial charge in [0, 0.05) is 30.9 Å². The molecule has 0 aliphatic carbocycles. The lowest BCUT2D eigenvalue weighted by molar-refractivity contribution is 0.304. The first kappa shape index (κ1) is 18.2. The van der Waals surface area contributed by atoms with Crippen LogP contribution in [0, 0.1) is 12.8 Å². The minimum atomic E-state index is 0.613. The van der Waals surface area contributed by atoms with Crippen molar-refractivity contribution in [1.29, 1.82) is 0 Å². The number of halogens is 1. The van der Waals surface area contributed by atoms with Gasteiger partial charge in [0.2, 0.25) is 0 Å². The predicted molar refractivity (Wildman–Crippen MR) is 105 cm³/mol. The minimum absolute atomic E-state index is 0.613. The summed E-state index contributed by atoms with van der Waals surface area (Å²) >= 11 is 6.81. The molecule has 4 nitrogen and oxygen atoms in total. The lowest BCUT2D eigenvalue weighted by Crippen LogP contribution is -2.41. The molecule has 0 unspecified atom stereocenters. The number of rotatable bonds is 5. The minimum Gasteiger partial charge on any atom is -0.497 e. The summed E-state index contributed by atoms with van der Waals surface area (Å²) in [4.78, 5) is 4.79. The quantitative estimate of drug-likeness (QED) is 0.788. The standard InChI is InChI=1S/C20H28ClN3O/c1-14(2)10-23-13-22(4)12-18-19(23)15(3)24(20(18)21)11-16-6-8-17(25-5)9-7-16/h6-9,14H,10-13H2,1-5H3. The van der Waals surface area contributed by atoms with Gasteiger partial charge < -0.3 is 14.2 Å². The summed E-state index contributed by atoms with van der Waals surface area (Å²) in [5.74, 6) is 1.49. The first-order chi connectivity index (χ1) is 11.9. The number of hydrogen-bond donors (Lipinski definition) is 0. The Hall–Kier alpha value is -1.65. The largest absolute Gasteiger partial charge is 0.497 e. The van der Waals surface area contributed by atoms with E-state index in [1.165, 1.54) is 22.5 Å². The van der Waals surface area contributed by atoms with Crippen LogP contribution in [-0.4, -0.2) is 36.8 Å². The Morgan fingerprint density at radius 2 is 1.88 bits per heavy atom. The Balaban J connectivity index is 1.95. The van der Waals surface area contributed by atoms with Crippen LogP contribution in [0.1, 0.15) is 30.7 Å². The summed E-state index contributed by atoms with van der Waals surface area (Å²) in [6.07, 6.45) is 0. The van der Waals surface area contributed by atoms with Crippen molar-refractivity contribution in [3.63, 3.8) is 0 Å². The maximum absolute atomic E-state index is 6.81. The molecule has 1 aliphatic rings. The van der Waals surface area contributed by atoms with E-state index in [1.807, 2.05) is 12.1 Å². The van der Waals surface area contributed by atoms with Crippen LogP contribution in [0.25, 0.3) is 0 Å². The third-order valence-electron chi connectivity index (χ3n) is 4.76. The van der Waals surface area contributed by atoms with Crippen molar-refractivity contribution >= 4 is 17.3 Å². The van der Waals surface area contributed by atoms with Gasteiger partial charge >= 0.3 is 0 Å². The summed E-state index contributed by atoms with van der Waals surface area (Å²) in [6.45, 7) is 10.4. The van der Waals surface area contributed by atoms with E-state index in [-0.39, 0.29) is 0 Å². The smallest absolute Gasteiger partial charge is 0.118 e. The van der Waals surface area contributed by atoms with Gasteiger partial charge in [0.15, 0.2) is 0 Å². The van der Waals surface area contributed by atoms with Gasteiger partial charge in [0.25, 0.3) is 0 Å². The van der Waals surface area contributed by atoms with E-state index < -0.39 is 0 Å². The highest BCUT2D eigenvalue weighted by atomic mass is 35.5. The Morgan fingerprint density at radius 1 is 1.20 bits per heavy atom. The van der Waals surface area contributed by atoms with Crippen molar-refractivity contribution in [2.75, 3.05) is 32.3 Å². The number of methoxy groups -OCH3 is 1. The molecule has 0 spiro atoms. The molecule has 0 bridgehead atoms. The molecule has 5 heteroatoms. The molecule has 0 N–H and O–H groups in total. The van der Waals surface area contributed by atoms with E-state index in [9.17, 15) is 0 Å². The zero-order chi connectivity index (χ0) is 18.1. The van der Waals surface area contributed by atoms with Crippen LogP contribution in [0.3, 0.4) is 0 Å². The third-order valence-corrected chi connectivity index (χ3v) is 5.19. The zero-order valence-electron chi connectivity index (χ0n) is 15.8. The highest BCUT2D eigenvalue weighted by Gasteiger charge is 2.29. The summed E-state index contributed by atoms with van der Waals surface area (Å²) < 4.78 is 7.49. The molecule has 0 saturated carbocycles. The molecule has 136 valence electrons. The maximum atomic E-state index is 6.81. The number of aromatic nitrogens is 1. The zero-order valence-corrected chi connectivity index (χ0v) is 16.6. The molecule has 1 aliphatic heterocycles. The molecular formula is C20H28ClN3O. The lowest BCUT2D eigenvalue weighted by Gasteiger charge is -2.36. The van der Waals surface area contributed by atoms with Crippen LogP contribution in [0.15, 0.2) is 24.3 Å². The van der Waals surface area contributed by atoms with E-state index in [4.69, 9.17) is 16.3 Å². The average molecular weight is 362 g/mol. The number of ether oxygens (including phenoxy) is 1. The molecule has 0 saturated heterocycles. The monoisotopic (exact) mass is 361 g/mol. The molecule has 1 aromatic heterocycles. The Bertz CT molecular complexity index is 736.